The third-order valence-electron chi connectivity index (χ3n) is 2.20. The van der Waals surface area contributed by atoms with Crippen LogP contribution in [0, 0.1) is 3.83 Å². The molecule has 0 aliphatic carbocycles. The molecule has 76 valence electrons. The van der Waals surface area contributed by atoms with Crippen LogP contribution in [0.15, 0.2) is 12.4 Å². The molecule has 1 fully saturated rings. The third-order valence-corrected chi connectivity index (χ3v) is 3.72. The van der Waals surface area contributed by atoms with Crippen molar-refractivity contribution in [1.82, 2.24) is 13.1 Å². The van der Waals surface area contributed by atoms with Gasteiger partial charge in [-0.3, -0.25) is 0 Å². The van der Waals surface area contributed by atoms with Gasteiger partial charge < -0.3 is 4.90 Å². The maximum atomic E-state index is 4.19. The lowest BCUT2D eigenvalue weighted by Gasteiger charge is -2.32. The van der Waals surface area contributed by atoms with Gasteiger partial charge in [-0.1, -0.05) is 0 Å². The molecule has 0 unspecified atom stereocenters. The average molecular weight is 416 g/mol. The highest BCUT2D eigenvalue weighted by molar-refractivity contribution is 14.1. The number of anilines is 1. The van der Waals surface area contributed by atoms with Crippen molar-refractivity contribution >= 4 is 51.1 Å². The second-order valence-electron chi connectivity index (χ2n) is 3.11. The summed E-state index contributed by atoms with van der Waals surface area (Å²) in [4.78, 5) is 10.7. The van der Waals surface area contributed by atoms with E-state index in [-0.39, 0.29) is 0 Å². The smallest absolute Gasteiger partial charge is 0.190 e. The maximum Gasteiger partial charge on any atom is 0.190 e. The molecule has 0 amide bonds. The van der Waals surface area contributed by atoms with Crippen LogP contribution in [0.4, 0.5) is 5.69 Å². The first-order valence-corrected chi connectivity index (χ1v) is 6.43. The van der Waals surface area contributed by atoms with Crippen molar-refractivity contribution in [2.45, 2.75) is 0 Å². The van der Waals surface area contributed by atoms with E-state index in [1.807, 2.05) is 12.4 Å². The van der Waals surface area contributed by atoms with E-state index in [9.17, 15) is 0 Å². The SMILES string of the molecule is Ic1ncc(N2CCN(I)CC2)cn1. The summed E-state index contributed by atoms with van der Waals surface area (Å²) in [5.41, 5.74) is 1.13. The van der Waals surface area contributed by atoms with Crippen LogP contribution in [0.3, 0.4) is 0 Å². The van der Waals surface area contributed by atoms with Gasteiger partial charge in [-0.05, 0) is 0 Å². The monoisotopic (exact) mass is 416 g/mol. The summed E-state index contributed by atoms with van der Waals surface area (Å²) in [6, 6.07) is 0. The van der Waals surface area contributed by atoms with Crippen molar-refractivity contribution in [3.63, 3.8) is 0 Å². The van der Waals surface area contributed by atoms with Gasteiger partial charge in [-0.25, -0.2) is 13.1 Å². The number of halogens is 2. The molecule has 1 aromatic heterocycles. The van der Waals surface area contributed by atoms with Crippen molar-refractivity contribution in [3.05, 3.63) is 16.2 Å². The lowest BCUT2D eigenvalue weighted by atomic mass is 10.3. The fourth-order valence-corrected chi connectivity index (χ4v) is 2.12. The Morgan fingerprint density at radius 1 is 1.07 bits per heavy atom. The van der Waals surface area contributed by atoms with Crippen LogP contribution in [0.25, 0.3) is 0 Å². The van der Waals surface area contributed by atoms with Crippen LogP contribution in [-0.4, -0.2) is 39.3 Å². The molecular formula is C8H10I2N4. The predicted molar refractivity (Wildman–Crippen MR) is 72.6 cm³/mol. The second kappa shape index (κ2) is 4.88. The van der Waals surface area contributed by atoms with Gasteiger partial charge in [-0.2, -0.15) is 0 Å². The van der Waals surface area contributed by atoms with Gasteiger partial charge >= 0.3 is 0 Å². The standard InChI is InChI=1S/C8H10I2N4/c9-8-11-5-7(6-12-8)13-1-3-14(10)4-2-13/h5-6H,1-4H2. The largest absolute Gasteiger partial charge is 0.366 e. The quantitative estimate of drug-likeness (QED) is 0.396. The van der Waals surface area contributed by atoms with Gasteiger partial charge in [0.2, 0.25) is 0 Å². The highest BCUT2D eigenvalue weighted by Crippen LogP contribution is 2.15. The molecule has 2 heterocycles. The minimum atomic E-state index is 0.805. The molecule has 1 aliphatic heterocycles. The predicted octanol–water partition coefficient (Wildman–Crippen LogP) is 1.55. The Bertz CT molecular complexity index is 295. The Kier molecular flexibility index (Phi) is 3.77. The van der Waals surface area contributed by atoms with Gasteiger partial charge in [0.1, 0.15) is 0 Å². The Morgan fingerprint density at radius 3 is 2.21 bits per heavy atom. The van der Waals surface area contributed by atoms with Gasteiger partial charge in [0.25, 0.3) is 0 Å². The van der Waals surface area contributed by atoms with Gasteiger partial charge in [0.15, 0.2) is 3.83 Å². The van der Waals surface area contributed by atoms with Gasteiger partial charge in [0.05, 0.1) is 18.1 Å². The minimum absolute atomic E-state index is 0.805. The number of nitrogens with zero attached hydrogens (tertiary/aromatic N) is 4. The molecule has 0 saturated carbocycles. The van der Waals surface area contributed by atoms with Crippen LogP contribution in [0.1, 0.15) is 0 Å². The first-order chi connectivity index (χ1) is 6.75. The highest BCUT2D eigenvalue weighted by Gasteiger charge is 2.15. The lowest BCUT2D eigenvalue weighted by molar-refractivity contribution is 0.460. The normalized spacial score (nSPS) is 18.6. The van der Waals surface area contributed by atoms with E-state index in [4.69, 9.17) is 0 Å². The first kappa shape index (κ1) is 10.8. The molecule has 14 heavy (non-hydrogen) atoms. The van der Waals surface area contributed by atoms with Crippen LogP contribution in [-0.2, 0) is 0 Å². The van der Waals surface area contributed by atoms with Crippen LogP contribution < -0.4 is 4.90 Å². The summed E-state index contributed by atoms with van der Waals surface area (Å²) in [5, 5.41) is 0. The molecule has 0 atom stereocenters. The van der Waals surface area contributed by atoms with E-state index in [1.165, 1.54) is 0 Å². The topological polar surface area (TPSA) is 32.3 Å². The van der Waals surface area contributed by atoms with Crippen molar-refractivity contribution in [1.29, 1.82) is 0 Å². The fourth-order valence-electron chi connectivity index (χ4n) is 1.41. The summed E-state index contributed by atoms with van der Waals surface area (Å²) in [7, 11) is 0. The van der Waals surface area contributed by atoms with E-state index >= 15 is 0 Å². The fraction of sp³-hybridized carbons (Fsp3) is 0.500. The van der Waals surface area contributed by atoms with E-state index in [0.717, 1.165) is 35.7 Å². The zero-order valence-corrected chi connectivity index (χ0v) is 11.8. The molecular weight excluding hydrogens is 406 g/mol. The van der Waals surface area contributed by atoms with Crippen LogP contribution in [0.5, 0.6) is 0 Å². The molecule has 0 bridgehead atoms. The summed E-state index contributed by atoms with van der Waals surface area (Å²) in [6.45, 7) is 4.33. The molecule has 6 heteroatoms. The van der Waals surface area contributed by atoms with Gasteiger partial charge in [0, 0.05) is 71.6 Å². The molecule has 1 saturated heterocycles. The molecule has 0 N–H and O–H groups in total. The van der Waals surface area contributed by atoms with Crippen molar-refractivity contribution < 1.29 is 0 Å². The number of rotatable bonds is 1. The molecule has 1 aliphatic rings. The summed E-state index contributed by atoms with van der Waals surface area (Å²) in [5.74, 6) is 0. The van der Waals surface area contributed by atoms with Crippen LogP contribution >= 0.6 is 45.5 Å². The molecule has 4 nitrogen and oxygen atoms in total. The number of piperazine rings is 1. The minimum Gasteiger partial charge on any atom is -0.366 e. The molecule has 0 spiro atoms. The zero-order chi connectivity index (χ0) is 9.97. The van der Waals surface area contributed by atoms with E-state index < -0.39 is 0 Å². The van der Waals surface area contributed by atoms with Crippen molar-refractivity contribution in [2.75, 3.05) is 31.1 Å². The highest BCUT2D eigenvalue weighted by atomic mass is 127. The molecule has 0 aromatic carbocycles. The van der Waals surface area contributed by atoms with E-state index in [1.54, 1.807) is 0 Å². The molecule has 1 aromatic rings. The van der Waals surface area contributed by atoms with E-state index in [2.05, 4.69) is 63.4 Å². The first-order valence-electron chi connectivity index (χ1n) is 4.39. The summed E-state index contributed by atoms with van der Waals surface area (Å²) in [6.07, 6.45) is 3.80. The Labute approximate surface area is 111 Å². The number of aromatic nitrogens is 2. The second-order valence-corrected chi connectivity index (χ2v) is 5.44. The Balaban J connectivity index is 2.05. The van der Waals surface area contributed by atoms with Crippen molar-refractivity contribution in [2.24, 2.45) is 0 Å². The lowest BCUT2D eigenvalue weighted by Crippen LogP contribution is -2.42. The summed E-state index contributed by atoms with van der Waals surface area (Å²) >= 11 is 4.49. The molecule has 0 radical (unpaired) electrons. The zero-order valence-electron chi connectivity index (χ0n) is 7.53. The Hall–Kier alpha value is 0.300. The number of hydrogen-bond donors (Lipinski definition) is 0. The third kappa shape index (κ3) is 2.66. The van der Waals surface area contributed by atoms with E-state index in [0.29, 0.717) is 0 Å². The Morgan fingerprint density at radius 2 is 1.64 bits per heavy atom. The number of hydrogen-bond acceptors (Lipinski definition) is 4. The summed E-state index contributed by atoms with van der Waals surface area (Å²) < 4.78 is 3.11. The van der Waals surface area contributed by atoms with Crippen molar-refractivity contribution in [3.8, 4) is 0 Å². The van der Waals surface area contributed by atoms with Gasteiger partial charge in [-0.15, -0.1) is 0 Å². The molecule has 2 rings (SSSR count). The van der Waals surface area contributed by atoms with Crippen LogP contribution in [0.2, 0.25) is 0 Å². The average Bonchev–Trinajstić information content (AvgIpc) is 2.21. The maximum absolute atomic E-state index is 4.19.